The number of aromatic nitrogens is 4. The summed E-state index contributed by atoms with van der Waals surface area (Å²) in [6.45, 7) is 0. The zero-order chi connectivity index (χ0) is 13.6. The van der Waals surface area contributed by atoms with Gasteiger partial charge in [0.05, 0.1) is 5.69 Å². The first-order chi connectivity index (χ1) is 9.08. The van der Waals surface area contributed by atoms with E-state index in [1.54, 1.807) is 4.68 Å². The Morgan fingerprint density at radius 1 is 1.11 bits per heavy atom. The van der Waals surface area contributed by atoms with Crippen molar-refractivity contribution in [3.63, 3.8) is 0 Å². The minimum Gasteiger partial charge on any atom is -0.347 e. The minimum absolute atomic E-state index is 0.755. The molecule has 0 aliphatic rings. The van der Waals surface area contributed by atoms with Gasteiger partial charge in [0, 0.05) is 39.1 Å². The van der Waals surface area contributed by atoms with Gasteiger partial charge in [-0.15, -0.1) is 5.10 Å². The molecule has 0 fully saturated rings. The first kappa shape index (κ1) is 11.8. The summed E-state index contributed by atoms with van der Waals surface area (Å²) in [5.41, 5.74) is 2.22. The number of hydrogen-bond acceptors (Lipinski definition) is 3. The summed E-state index contributed by atoms with van der Waals surface area (Å²) in [5, 5.41) is 5.71. The number of anilines is 1. The molecule has 0 saturated carbocycles. The van der Waals surface area contributed by atoms with Gasteiger partial charge in [-0.1, -0.05) is 18.2 Å². The van der Waals surface area contributed by atoms with Crippen molar-refractivity contribution in [2.75, 3.05) is 19.0 Å². The maximum atomic E-state index is 4.59. The van der Waals surface area contributed by atoms with Crippen LogP contribution in [0.5, 0.6) is 0 Å². The van der Waals surface area contributed by atoms with Gasteiger partial charge >= 0.3 is 0 Å². The first-order valence-corrected chi connectivity index (χ1v) is 6.21. The number of benzene rings is 1. The lowest BCUT2D eigenvalue weighted by atomic mass is 10.2. The van der Waals surface area contributed by atoms with Gasteiger partial charge in [0.25, 0.3) is 0 Å². The lowest BCUT2D eigenvalue weighted by Gasteiger charge is -2.08. The van der Waals surface area contributed by atoms with E-state index in [4.69, 9.17) is 0 Å². The average molecular weight is 255 g/mol. The van der Waals surface area contributed by atoms with E-state index in [1.165, 1.54) is 10.9 Å². The number of para-hydroxylation sites is 1. The molecule has 0 N–H and O–H groups in total. The molecule has 0 atom stereocenters. The molecule has 19 heavy (non-hydrogen) atoms. The zero-order valence-electron chi connectivity index (χ0n) is 11.6. The minimum atomic E-state index is 0.755. The summed E-state index contributed by atoms with van der Waals surface area (Å²) < 4.78 is 3.93. The van der Waals surface area contributed by atoms with E-state index in [0.29, 0.717) is 0 Å². The van der Waals surface area contributed by atoms with Gasteiger partial charge in [0.15, 0.2) is 5.82 Å². The molecule has 0 radical (unpaired) electrons. The molecule has 5 heteroatoms. The quantitative estimate of drug-likeness (QED) is 0.703. The van der Waals surface area contributed by atoms with Crippen LogP contribution < -0.4 is 4.90 Å². The van der Waals surface area contributed by atoms with Crippen LogP contribution in [0.1, 0.15) is 0 Å². The van der Waals surface area contributed by atoms with Crippen LogP contribution in [0.3, 0.4) is 0 Å². The topological polar surface area (TPSA) is 38.9 Å². The van der Waals surface area contributed by atoms with Crippen LogP contribution in [0.2, 0.25) is 0 Å². The highest BCUT2D eigenvalue weighted by atomic mass is 15.4. The molecule has 0 saturated heterocycles. The Kier molecular flexibility index (Phi) is 2.55. The van der Waals surface area contributed by atoms with Crippen molar-refractivity contribution in [1.29, 1.82) is 0 Å². The Morgan fingerprint density at radius 2 is 1.84 bits per heavy atom. The summed E-state index contributed by atoms with van der Waals surface area (Å²) in [4.78, 5) is 6.55. The highest BCUT2D eigenvalue weighted by Crippen LogP contribution is 2.25. The highest BCUT2D eigenvalue weighted by Gasteiger charge is 2.14. The molecule has 0 aliphatic carbocycles. The Balaban J connectivity index is 2.19. The predicted octanol–water partition coefficient (Wildman–Crippen LogP) is 2.04. The lowest BCUT2D eigenvalue weighted by Crippen LogP contribution is -2.14. The second-order valence-corrected chi connectivity index (χ2v) is 4.90. The van der Waals surface area contributed by atoms with Crippen molar-refractivity contribution in [2.24, 2.45) is 14.1 Å². The molecule has 2 aromatic heterocycles. The lowest BCUT2D eigenvalue weighted by molar-refractivity contribution is 0.751. The van der Waals surface area contributed by atoms with Gasteiger partial charge in [-0.25, -0.2) is 4.68 Å². The van der Waals surface area contributed by atoms with Gasteiger partial charge in [-0.05, 0) is 12.1 Å². The summed E-state index contributed by atoms with van der Waals surface area (Å²) >= 11 is 0. The van der Waals surface area contributed by atoms with Crippen LogP contribution >= 0.6 is 0 Å². The molecule has 3 rings (SSSR count). The third kappa shape index (κ3) is 1.78. The molecule has 2 heterocycles. The van der Waals surface area contributed by atoms with Crippen LogP contribution in [-0.4, -0.2) is 33.4 Å². The molecule has 1 aromatic carbocycles. The van der Waals surface area contributed by atoms with Crippen molar-refractivity contribution in [3.05, 3.63) is 30.3 Å². The van der Waals surface area contributed by atoms with Crippen molar-refractivity contribution in [2.45, 2.75) is 0 Å². The van der Waals surface area contributed by atoms with Gasteiger partial charge in [-0.3, -0.25) is 0 Å². The van der Waals surface area contributed by atoms with Gasteiger partial charge in [-0.2, -0.15) is 4.98 Å². The monoisotopic (exact) mass is 255 g/mol. The molecular formula is C14H17N5. The standard InChI is InChI=1S/C14H17N5/c1-17(2)14-15-13(16-19(14)4)12-9-10-7-5-6-8-11(10)18(12)3/h5-9H,1-4H3. The van der Waals surface area contributed by atoms with E-state index in [9.17, 15) is 0 Å². The van der Waals surface area contributed by atoms with Crippen LogP contribution in [0, 0.1) is 0 Å². The molecule has 5 nitrogen and oxygen atoms in total. The molecule has 0 unspecified atom stereocenters. The molecular weight excluding hydrogens is 238 g/mol. The van der Waals surface area contributed by atoms with Crippen molar-refractivity contribution >= 4 is 16.9 Å². The van der Waals surface area contributed by atoms with E-state index in [0.717, 1.165) is 17.5 Å². The first-order valence-electron chi connectivity index (χ1n) is 6.21. The maximum Gasteiger partial charge on any atom is 0.223 e. The molecule has 0 bridgehead atoms. The van der Waals surface area contributed by atoms with Gasteiger partial charge in [0.1, 0.15) is 0 Å². The predicted molar refractivity (Wildman–Crippen MR) is 77.2 cm³/mol. The maximum absolute atomic E-state index is 4.59. The molecule has 0 amide bonds. The number of aryl methyl sites for hydroxylation is 2. The Morgan fingerprint density at radius 3 is 2.47 bits per heavy atom. The van der Waals surface area contributed by atoms with E-state index >= 15 is 0 Å². The Hall–Kier alpha value is -2.30. The largest absolute Gasteiger partial charge is 0.347 e. The second kappa shape index (κ2) is 4.12. The fourth-order valence-electron chi connectivity index (χ4n) is 2.38. The van der Waals surface area contributed by atoms with E-state index < -0.39 is 0 Å². The number of fused-ring (bicyclic) bond motifs is 1. The third-order valence-electron chi connectivity index (χ3n) is 3.32. The number of nitrogens with zero attached hydrogens (tertiary/aromatic N) is 5. The second-order valence-electron chi connectivity index (χ2n) is 4.90. The van der Waals surface area contributed by atoms with E-state index in [1.807, 2.05) is 45.2 Å². The summed E-state index contributed by atoms with van der Waals surface area (Å²) in [6.07, 6.45) is 0. The van der Waals surface area contributed by atoms with Crippen molar-refractivity contribution in [3.8, 4) is 11.5 Å². The molecule has 3 aromatic rings. The summed E-state index contributed by atoms with van der Waals surface area (Å²) in [7, 11) is 7.89. The number of hydrogen-bond donors (Lipinski definition) is 0. The zero-order valence-corrected chi connectivity index (χ0v) is 11.6. The van der Waals surface area contributed by atoms with Crippen LogP contribution in [0.25, 0.3) is 22.4 Å². The Bertz CT molecular complexity index is 735. The molecule has 98 valence electrons. The van der Waals surface area contributed by atoms with Crippen LogP contribution in [0.4, 0.5) is 5.95 Å². The van der Waals surface area contributed by atoms with Crippen LogP contribution in [0.15, 0.2) is 30.3 Å². The van der Waals surface area contributed by atoms with Crippen LogP contribution in [-0.2, 0) is 14.1 Å². The number of rotatable bonds is 2. The SMILES string of the molecule is CN(C)c1nc(-c2cc3ccccc3n2C)nn1C. The fraction of sp³-hybridized carbons (Fsp3) is 0.286. The highest BCUT2D eigenvalue weighted by molar-refractivity contribution is 5.85. The fourth-order valence-corrected chi connectivity index (χ4v) is 2.38. The van der Waals surface area contributed by atoms with Gasteiger partial charge in [0.2, 0.25) is 5.95 Å². The van der Waals surface area contributed by atoms with E-state index in [-0.39, 0.29) is 0 Å². The molecule has 0 aliphatic heterocycles. The Labute approximate surface area is 112 Å². The smallest absolute Gasteiger partial charge is 0.223 e. The molecule has 0 spiro atoms. The summed E-state index contributed by atoms with van der Waals surface area (Å²) in [6, 6.07) is 10.4. The average Bonchev–Trinajstić information content (AvgIpc) is 2.91. The van der Waals surface area contributed by atoms with Crippen molar-refractivity contribution < 1.29 is 0 Å². The van der Waals surface area contributed by atoms with E-state index in [2.05, 4.69) is 32.8 Å². The normalized spacial score (nSPS) is 11.2. The van der Waals surface area contributed by atoms with Crippen molar-refractivity contribution in [1.82, 2.24) is 19.3 Å². The third-order valence-corrected chi connectivity index (χ3v) is 3.32. The van der Waals surface area contributed by atoms with Gasteiger partial charge < -0.3 is 9.47 Å². The summed E-state index contributed by atoms with van der Waals surface area (Å²) in [5.74, 6) is 1.60.